The van der Waals surface area contributed by atoms with E-state index >= 15 is 0 Å². The fourth-order valence-electron chi connectivity index (χ4n) is 10.1. The molecule has 0 bridgehead atoms. The molecule has 0 saturated heterocycles. The Morgan fingerprint density at radius 1 is 0.362 bits per heavy atom. The molecular formula is C53H32N4O. The zero-order chi connectivity index (χ0) is 38.0. The molecule has 11 aromatic rings. The molecular weight excluding hydrogens is 709 g/mol. The van der Waals surface area contributed by atoms with E-state index in [1.807, 2.05) is 30.6 Å². The Labute approximate surface area is 333 Å². The predicted octanol–water partition coefficient (Wildman–Crippen LogP) is 12.8. The van der Waals surface area contributed by atoms with Crippen molar-refractivity contribution in [2.24, 2.45) is 0 Å². The number of nitrogens with zero attached hydrogens (tertiary/aromatic N) is 4. The van der Waals surface area contributed by atoms with Crippen LogP contribution in [0, 0.1) is 0 Å². The fraction of sp³-hybridized carbons (Fsp3) is 0.0189. The van der Waals surface area contributed by atoms with E-state index in [0.29, 0.717) is 0 Å². The van der Waals surface area contributed by atoms with Gasteiger partial charge in [0, 0.05) is 56.4 Å². The van der Waals surface area contributed by atoms with Gasteiger partial charge in [-0.05, 0) is 107 Å². The molecule has 13 rings (SSSR count). The van der Waals surface area contributed by atoms with Crippen molar-refractivity contribution in [3.8, 4) is 45.4 Å². The number of pyridine rings is 2. The number of para-hydroxylation sites is 4. The Hall–Kier alpha value is -7.76. The van der Waals surface area contributed by atoms with Gasteiger partial charge in [-0.2, -0.15) is 0 Å². The Bertz CT molecular complexity index is 3400. The van der Waals surface area contributed by atoms with Crippen LogP contribution < -0.4 is 4.74 Å². The monoisotopic (exact) mass is 740 g/mol. The standard InChI is InChI=1S/C53H32N4O/c1-5-17-45-37(11-1)38-12-2-6-18-46(38)56(45)35-23-25-36(26-24-35)57-47-19-7-3-13-39(47)40-31-33(21-27-48(40)57)34-22-28-50-44(32-34)53(41-14-4-8-20-49(41)58-50)42-15-9-29-54-51(42)52-43(53)16-10-30-55-52/h1-32H. The van der Waals surface area contributed by atoms with Gasteiger partial charge in [0.1, 0.15) is 11.5 Å². The van der Waals surface area contributed by atoms with Gasteiger partial charge >= 0.3 is 0 Å². The first-order valence-corrected chi connectivity index (χ1v) is 19.7. The quantitative estimate of drug-likeness (QED) is 0.181. The molecule has 58 heavy (non-hydrogen) atoms. The number of fused-ring (bicyclic) bond motifs is 15. The van der Waals surface area contributed by atoms with Crippen molar-refractivity contribution in [2.75, 3.05) is 0 Å². The topological polar surface area (TPSA) is 44.9 Å². The maximum Gasteiger partial charge on any atom is 0.132 e. The number of rotatable bonds is 3. The fourth-order valence-corrected chi connectivity index (χ4v) is 10.1. The van der Waals surface area contributed by atoms with Crippen LogP contribution in [-0.4, -0.2) is 19.1 Å². The Kier molecular flexibility index (Phi) is 6.31. The van der Waals surface area contributed by atoms with E-state index < -0.39 is 5.41 Å². The van der Waals surface area contributed by atoms with E-state index in [2.05, 4.69) is 173 Å². The minimum Gasteiger partial charge on any atom is -0.457 e. The lowest BCUT2D eigenvalue weighted by Crippen LogP contribution is -2.32. The number of hydrogen-bond donors (Lipinski definition) is 0. The molecule has 0 unspecified atom stereocenters. The summed E-state index contributed by atoms with van der Waals surface area (Å²) in [5, 5.41) is 4.95. The summed E-state index contributed by atoms with van der Waals surface area (Å²) in [7, 11) is 0. The smallest absolute Gasteiger partial charge is 0.132 e. The molecule has 5 nitrogen and oxygen atoms in total. The van der Waals surface area contributed by atoms with Crippen LogP contribution in [0.25, 0.3) is 77.5 Å². The largest absolute Gasteiger partial charge is 0.457 e. The highest BCUT2D eigenvalue weighted by atomic mass is 16.5. The lowest BCUT2D eigenvalue weighted by Gasteiger charge is -2.39. The zero-order valence-corrected chi connectivity index (χ0v) is 31.2. The van der Waals surface area contributed by atoms with Gasteiger partial charge in [0.25, 0.3) is 0 Å². The maximum absolute atomic E-state index is 6.69. The van der Waals surface area contributed by atoms with Gasteiger partial charge in [0.2, 0.25) is 0 Å². The minimum atomic E-state index is -0.626. The molecule has 1 spiro atoms. The molecule has 1 aliphatic carbocycles. The molecule has 5 heteroatoms. The van der Waals surface area contributed by atoms with Crippen molar-refractivity contribution < 1.29 is 4.74 Å². The number of benzene rings is 7. The van der Waals surface area contributed by atoms with Gasteiger partial charge in [-0.25, -0.2) is 0 Å². The Balaban J connectivity index is 0.971. The van der Waals surface area contributed by atoms with Crippen LogP contribution in [0.15, 0.2) is 194 Å². The second-order valence-corrected chi connectivity index (χ2v) is 15.3. The summed E-state index contributed by atoms with van der Waals surface area (Å²) < 4.78 is 11.5. The molecule has 270 valence electrons. The van der Waals surface area contributed by atoms with Crippen molar-refractivity contribution in [3.05, 3.63) is 217 Å². The molecule has 0 radical (unpaired) electrons. The van der Waals surface area contributed by atoms with Crippen LogP contribution in [0.3, 0.4) is 0 Å². The molecule has 4 aromatic heterocycles. The van der Waals surface area contributed by atoms with E-state index in [0.717, 1.165) is 73.2 Å². The second kappa shape index (κ2) is 11.6. The first-order chi connectivity index (χ1) is 28.8. The van der Waals surface area contributed by atoms with Crippen LogP contribution >= 0.6 is 0 Å². The first kappa shape index (κ1) is 31.4. The van der Waals surface area contributed by atoms with Crippen LogP contribution in [-0.2, 0) is 5.41 Å². The molecule has 1 aliphatic heterocycles. The van der Waals surface area contributed by atoms with Crippen molar-refractivity contribution >= 4 is 43.6 Å². The van der Waals surface area contributed by atoms with Crippen molar-refractivity contribution in [1.29, 1.82) is 0 Å². The molecule has 0 fully saturated rings. The van der Waals surface area contributed by atoms with Gasteiger partial charge in [-0.1, -0.05) is 97.1 Å². The summed E-state index contributed by atoms with van der Waals surface area (Å²) in [6, 6.07) is 65.5. The summed E-state index contributed by atoms with van der Waals surface area (Å²) in [5.74, 6) is 1.70. The van der Waals surface area contributed by atoms with Gasteiger partial charge < -0.3 is 13.9 Å². The summed E-state index contributed by atoms with van der Waals surface area (Å²) >= 11 is 0. The first-order valence-electron chi connectivity index (χ1n) is 19.7. The highest BCUT2D eigenvalue weighted by Gasteiger charge is 2.52. The molecule has 7 aromatic carbocycles. The van der Waals surface area contributed by atoms with Crippen molar-refractivity contribution in [1.82, 2.24) is 19.1 Å². The van der Waals surface area contributed by atoms with Gasteiger partial charge in [-0.15, -0.1) is 0 Å². The van der Waals surface area contributed by atoms with Crippen LogP contribution in [0.4, 0.5) is 0 Å². The highest BCUT2D eigenvalue weighted by molar-refractivity contribution is 6.11. The molecule has 0 amide bonds. The average molecular weight is 741 g/mol. The van der Waals surface area contributed by atoms with Gasteiger partial charge in [0.15, 0.2) is 0 Å². The molecule has 0 N–H and O–H groups in total. The predicted molar refractivity (Wildman–Crippen MR) is 234 cm³/mol. The third-order valence-electron chi connectivity index (χ3n) is 12.5. The summed E-state index contributed by atoms with van der Waals surface area (Å²) in [6.45, 7) is 0. The van der Waals surface area contributed by atoms with Crippen LogP contribution in [0.1, 0.15) is 22.3 Å². The third-order valence-corrected chi connectivity index (χ3v) is 12.5. The van der Waals surface area contributed by atoms with Gasteiger partial charge in [-0.3, -0.25) is 9.97 Å². The third kappa shape index (κ3) is 4.09. The normalized spacial score (nSPS) is 13.4. The van der Waals surface area contributed by atoms with Crippen molar-refractivity contribution in [2.45, 2.75) is 5.41 Å². The van der Waals surface area contributed by atoms with E-state index in [-0.39, 0.29) is 0 Å². The maximum atomic E-state index is 6.69. The lowest BCUT2D eigenvalue weighted by molar-refractivity contribution is 0.436. The summed E-state index contributed by atoms with van der Waals surface area (Å²) in [4.78, 5) is 9.80. The SMILES string of the molecule is c1ccc2c(c1)Oc1ccc(-c3ccc4c(c3)c3ccccc3n4-c3ccc(-n4c5ccccc5c5ccccc54)cc3)cc1C21c2cccnc2-c2ncccc21. The zero-order valence-electron chi connectivity index (χ0n) is 31.2. The Morgan fingerprint density at radius 3 is 1.45 bits per heavy atom. The van der Waals surface area contributed by atoms with E-state index in [1.165, 1.54) is 38.1 Å². The highest BCUT2D eigenvalue weighted by Crippen LogP contribution is 2.61. The number of hydrogen-bond acceptors (Lipinski definition) is 3. The number of ether oxygens (including phenoxy) is 1. The Morgan fingerprint density at radius 2 is 0.828 bits per heavy atom. The molecule has 2 aliphatic rings. The van der Waals surface area contributed by atoms with Gasteiger partial charge in [0.05, 0.1) is 38.9 Å². The molecule has 5 heterocycles. The lowest BCUT2D eigenvalue weighted by atomic mass is 9.66. The average Bonchev–Trinajstić information content (AvgIpc) is 3.91. The number of aromatic nitrogens is 4. The summed E-state index contributed by atoms with van der Waals surface area (Å²) in [5.41, 5.74) is 14.9. The molecule has 0 atom stereocenters. The summed E-state index contributed by atoms with van der Waals surface area (Å²) in [6.07, 6.45) is 3.73. The van der Waals surface area contributed by atoms with Crippen LogP contribution in [0.5, 0.6) is 11.5 Å². The molecule has 0 saturated carbocycles. The van der Waals surface area contributed by atoms with E-state index in [4.69, 9.17) is 14.7 Å². The second-order valence-electron chi connectivity index (χ2n) is 15.3. The van der Waals surface area contributed by atoms with Crippen LogP contribution in [0.2, 0.25) is 0 Å². The minimum absolute atomic E-state index is 0.626. The van der Waals surface area contributed by atoms with Crippen molar-refractivity contribution in [3.63, 3.8) is 0 Å². The van der Waals surface area contributed by atoms with E-state index in [1.54, 1.807) is 0 Å². The van der Waals surface area contributed by atoms with E-state index in [9.17, 15) is 0 Å².